The number of para-hydroxylation sites is 1. The van der Waals surface area contributed by atoms with Gasteiger partial charge in [0.15, 0.2) is 0 Å². The number of aliphatic hydroxyl groups is 1. The molecule has 1 aliphatic rings. The normalized spacial score (nSPS) is 17.1. The van der Waals surface area contributed by atoms with Gasteiger partial charge in [0.25, 0.3) is 0 Å². The number of carbonyl (C=O) groups excluding carboxylic acids is 3. The number of aromatic nitrogens is 1. The first-order chi connectivity index (χ1) is 19.2. The second kappa shape index (κ2) is 13.1. The minimum Gasteiger partial charge on any atom is -0.508 e. The zero-order chi connectivity index (χ0) is 28.6. The Kier molecular flexibility index (Phi) is 9.35. The van der Waals surface area contributed by atoms with E-state index in [-0.39, 0.29) is 24.5 Å². The van der Waals surface area contributed by atoms with Crippen molar-refractivity contribution in [2.24, 2.45) is 0 Å². The molecule has 3 amide bonds. The topological polar surface area (TPSA) is 193 Å². The zero-order valence-corrected chi connectivity index (χ0v) is 21.7. The lowest BCUT2D eigenvalue weighted by Crippen LogP contribution is -2.58. The molecule has 12 nitrogen and oxygen atoms in total. The van der Waals surface area contributed by atoms with Gasteiger partial charge in [-0.25, -0.2) is 4.79 Å². The Labute approximate surface area is 230 Å². The summed E-state index contributed by atoms with van der Waals surface area (Å²) in [4.78, 5) is 54.1. The number of fused-ring (bicyclic) bond motifs is 1. The molecule has 0 bridgehead atoms. The van der Waals surface area contributed by atoms with E-state index in [0.717, 1.165) is 22.9 Å². The largest absolute Gasteiger partial charge is 0.508 e. The second-order valence-corrected chi connectivity index (χ2v) is 9.79. The predicted octanol–water partition coefficient (Wildman–Crippen LogP) is -0.0580. The van der Waals surface area contributed by atoms with E-state index in [2.05, 4.69) is 26.3 Å². The van der Waals surface area contributed by atoms with Crippen molar-refractivity contribution in [2.75, 3.05) is 13.2 Å². The smallest absolute Gasteiger partial charge is 0.326 e. The van der Waals surface area contributed by atoms with Gasteiger partial charge in [0.2, 0.25) is 17.7 Å². The van der Waals surface area contributed by atoms with E-state index in [1.807, 2.05) is 24.3 Å². The molecule has 2 heterocycles. The average Bonchev–Trinajstić information content (AvgIpc) is 3.63. The maximum atomic E-state index is 13.4. The highest BCUT2D eigenvalue weighted by Crippen LogP contribution is 2.19. The Balaban J connectivity index is 1.47. The van der Waals surface area contributed by atoms with Gasteiger partial charge in [0.1, 0.15) is 23.9 Å². The number of carbonyl (C=O) groups is 4. The number of phenolic OH excluding ortho intramolecular Hbond substituents is 1. The van der Waals surface area contributed by atoms with Crippen molar-refractivity contribution >= 4 is 34.6 Å². The van der Waals surface area contributed by atoms with Crippen molar-refractivity contribution < 1.29 is 34.5 Å². The maximum absolute atomic E-state index is 13.4. The minimum atomic E-state index is -1.46. The zero-order valence-electron chi connectivity index (χ0n) is 21.7. The van der Waals surface area contributed by atoms with Gasteiger partial charge in [-0.2, -0.15) is 0 Å². The average molecular weight is 552 g/mol. The van der Waals surface area contributed by atoms with E-state index < -0.39 is 48.6 Å². The number of rotatable bonds is 12. The molecule has 3 aromatic rings. The van der Waals surface area contributed by atoms with Gasteiger partial charge in [-0.15, -0.1) is 0 Å². The number of aromatic amines is 1. The van der Waals surface area contributed by atoms with Crippen LogP contribution in [0.2, 0.25) is 0 Å². The molecule has 8 N–H and O–H groups in total. The highest BCUT2D eigenvalue weighted by atomic mass is 16.4. The molecule has 212 valence electrons. The molecule has 4 atom stereocenters. The molecular formula is C28H33N5O7. The number of H-pyrrole nitrogens is 1. The maximum Gasteiger partial charge on any atom is 0.326 e. The molecule has 0 radical (unpaired) electrons. The van der Waals surface area contributed by atoms with Crippen LogP contribution in [0.1, 0.15) is 24.0 Å². The van der Waals surface area contributed by atoms with Crippen LogP contribution in [-0.4, -0.2) is 81.3 Å². The summed E-state index contributed by atoms with van der Waals surface area (Å²) in [5.41, 5.74) is 2.19. The number of carboxylic acids is 1. The van der Waals surface area contributed by atoms with Gasteiger partial charge < -0.3 is 41.6 Å². The molecule has 1 saturated heterocycles. The van der Waals surface area contributed by atoms with Crippen molar-refractivity contribution in [2.45, 2.75) is 49.9 Å². The first-order valence-electron chi connectivity index (χ1n) is 13.1. The number of hydrogen-bond donors (Lipinski definition) is 8. The summed E-state index contributed by atoms with van der Waals surface area (Å²) in [5, 5.41) is 40.5. The number of aromatic hydroxyl groups is 1. The molecule has 0 aliphatic carbocycles. The summed E-state index contributed by atoms with van der Waals surface area (Å²) in [7, 11) is 0. The SMILES string of the molecule is O=C(O)C(Cc1ccc(O)cc1)NC(=O)C(CO)NC(=O)C(Cc1c[nH]c2ccccc12)NC(=O)C1CCCN1. The van der Waals surface area contributed by atoms with Gasteiger partial charge in [-0.3, -0.25) is 14.4 Å². The third-order valence-electron chi connectivity index (χ3n) is 6.92. The Bertz CT molecular complexity index is 1350. The van der Waals surface area contributed by atoms with Crippen LogP contribution in [0.4, 0.5) is 0 Å². The first kappa shape index (κ1) is 28.6. The van der Waals surface area contributed by atoms with Crippen molar-refractivity contribution in [1.29, 1.82) is 0 Å². The van der Waals surface area contributed by atoms with E-state index in [0.29, 0.717) is 18.5 Å². The Hall–Kier alpha value is -4.42. The standard InChI is InChI=1S/C28H33N5O7/c34-15-24(27(38)32-23(28(39)40)12-16-7-9-18(35)10-8-16)33-26(37)22(31-25(36)21-6-3-11-29-21)13-17-14-30-20-5-2-1-4-19(17)20/h1-2,4-5,7-10,14,21-24,29-30,34-35H,3,6,11-13,15H2,(H,31,36)(H,32,38)(H,33,37)(H,39,40). The van der Waals surface area contributed by atoms with E-state index in [1.165, 1.54) is 24.3 Å². The number of phenols is 1. The highest BCUT2D eigenvalue weighted by Gasteiger charge is 2.32. The van der Waals surface area contributed by atoms with Crippen LogP contribution in [0, 0.1) is 0 Å². The van der Waals surface area contributed by atoms with Crippen LogP contribution < -0.4 is 21.3 Å². The molecular weight excluding hydrogens is 518 g/mol. The van der Waals surface area contributed by atoms with Gasteiger partial charge in [0.05, 0.1) is 12.6 Å². The number of aliphatic carboxylic acids is 1. The summed E-state index contributed by atoms with van der Waals surface area (Å²) >= 11 is 0. The van der Waals surface area contributed by atoms with Gasteiger partial charge >= 0.3 is 5.97 Å². The van der Waals surface area contributed by atoms with Crippen LogP contribution in [0.25, 0.3) is 10.9 Å². The predicted molar refractivity (Wildman–Crippen MR) is 145 cm³/mol. The Morgan fingerprint density at radius 2 is 1.60 bits per heavy atom. The van der Waals surface area contributed by atoms with Gasteiger partial charge in [-0.1, -0.05) is 30.3 Å². The van der Waals surface area contributed by atoms with Crippen LogP contribution in [-0.2, 0) is 32.0 Å². The Morgan fingerprint density at radius 3 is 2.27 bits per heavy atom. The molecule has 0 saturated carbocycles. The van der Waals surface area contributed by atoms with Crippen molar-refractivity contribution in [3.8, 4) is 5.75 Å². The lowest BCUT2D eigenvalue weighted by molar-refractivity contribution is -0.142. The summed E-state index contributed by atoms with van der Waals surface area (Å²) < 4.78 is 0. The van der Waals surface area contributed by atoms with Crippen LogP contribution >= 0.6 is 0 Å². The summed E-state index contributed by atoms with van der Waals surface area (Å²) in [5.74, 6) is -3.23. The van der Waals surface area contributed by atoms with E-state index in [4.69, 9.17) is 0 Å². The lowest BCUT2D eigenvalue weighted by atomic mass is 10.0. The van der Waals surface area contributed by atoms with Crippen LogP contribution in [0.3, 0.4) is 0 Å². The number of aliphatic hydroxyl groups excluding tert-OH is 1. The fourth-order valence-corrected chi connectivity index (χ4v) is 4.72. The molecule has 4 unspecified atom stereocenters. The number of carboxylic acid groups (broad SMARTS) is 1. The van der Waals surface area contributed by atoms with Crippen molar-refractivity contribution in [3.63, 3.8) is 0 Å². The quantitative estimate of drug-likeness (QED) is 0.153. The van der Waals surface area contributed by atoms with Crippen LogP contribution in [0.5, 0.6) is 5.75 Å². The third-order valence-corrected chi connectivity index (χ3v) is 6.92. The fourth-order valence-electron chi connectivity index (χ4n) is 4.72. The summed E-state index contributed by atoms with van der Waals surface area (Å²) in [6.45, 7) is -0.0971. The third kappa shape index (κ3) is 7.16. The molecule has 1 aromatic heterocycles. The van der Waals surface area contributed by atoms with Gasteiger partial charge in [-0.05, 0) is 48.7 Å². The molecule has 1 fully saturated rings. The number of nitrogens with one attached hydrogen (secondary N) is 5. The number of benzene rings is 2. The first-order valence-corrected chi connectivity index (χ1v) is 13.1. The van der Waals surface area contributed by atoms with E-state index in [1.54, 1.807) is 6.20 Å². The van der Waals surface area contributed by atoms with E-state index in [9.17, 15) is 34.5 Å². The van der Waals surface area contributed by atoms with Crippen LogP contribution in [0.15, 0.2) is 54.7 Å². The molecule has 4 rings (SSSR count). The van der Waals surface area contributed by atoms with E-state index >= 15 is 0 Å². The highest BCUT2D eigenvalue weighted by molar-refractivity contribution is 5.95. The second-order valence-electron chi connectivity index (χ2n) is 9.79. The molecule has 40 heavy (non-hydrogen) atoms. The molecule has 12 heteroatoms. The minimum absolute atomic E-state index is 0.0145. The van der Waals surface area contributed by atoms with Crippen molar-refractivity contribution in [1.82, 2.24) is 26.3 Å². The molecule has 2 aromatic carbocycles. The molecule has 0 spiro atoms. The molecule has 1 aliphatic heterocycles. The van der Waals surface area contributed by atoms with Gasteiger partial charge in [0, 0.05) is 29.9 Å². The number of hydrogen-bond acceptors (Lipinski definition) is 7. The summed E-state index contributed by atoms with van der Waals surface area (Å²) in [6, 6.07) is 9.05. The van der Waals surface area contributed by atoms with Crippen molar-refractivity contribution in [3.05, 3.63) is 65.9 Å². The Morgan fingerprint density at radius 1 is 0.900 bits per heavy atom. The fraction of sp³-hybridized carbons (Fsp3) is 0.357. The lowest BCUT2D eigenvalue weighted by Gasteiger charge is -2.24. The number of amides is 3. The summed E-state index contributed by atoms with van der Waals surface area (Å²) in [6.07, 6.45) is 3.25. The monoisotopic (exact) mass is 551 g/mol.